The van der Waals surface area contributed by atoms with E-state index in [1.165, 1.54) is 12.1 Å². The number of halogens is 1. The van der Waals surface area contributed by atoms with E-state index in [1.807, 2.05) is 19.1 Å². The SMILES string of the molecule is Cc1cccnc1CNC(=O)C1CN(C(=O)Cc2ccc(F)cc2)C1. The lowest BCUT2D eigenvalue weighted by molar-refractivity contribution is -0.142. The number of nitrogens with one attached hydrogen (secondary N) is 1. The van der Waals surface area contributed by atoms with Crippen molar-refractivity contribution in [2.24, 2.45) is 5.92 Å². The first-order chi connectivity index (χ1) is 12.0. The van der Waals surface area contributed by atoms with Crippen LogP contribution in [0.2, 0.25) is 0 Å². The van der Waals surface area contributed by atoms with Gasteiger partial charge in [-0.3, -0.25) is 14.6 Å². The first-order valence-corrected chi connectivity index (χ1v) is 8.23. The summed E-state index contributed by atoms with van der Waals surface area (Å²) in [5.41, 5.74) is 2.65. The zero-order valence-electron chi connectivity index (χ0n) is 14.0. The van der Waals surface area contributed by atoms with Crippen molar-refractivity contribution < 1.29 is 14.0 Å². The van der Waals surface area contributed by atoms with Crippen LogP contribution in [-0.4, -0.2) is 34.8 Å². The van der Waals surface area contributed by atoms with Gasteiger partial charge in [-0.15, -0.1) is 0 Å². The highest BCUT2D eigenvalue weighted by molar-refractivity contribution is 5.85. The van der Waals surface area contributed by atoms with Crippen LogP contribution in [0.3, 0.4) is 0 Å². The summed E-state index contributed by atoms with van der Waals surface area (Å²) in [6.45, 7) is 3.19. The number of amides is 2. The number of carbonyl (C=O) groups is 2. The van der Waals surface area contributed by atoms with Gasteiger partial charge in [0.1, 0.15) is 5.82 Å². The molecule has 3 rings (SSSR count). The Hall–Kier alpha value is -2.76. The van der Waals surface area contributed by atoms with E-state index < -0.39 is 0 Å². The molecule has 1 aromatic heterocycles. The van der Waals surface area contributed by atoms with E-state index in [0.29, 0.717) is 19.6 Å². The summed E-state index contributed by atoms with van der Waals surface area (Å²) in [5, 5.41) is 2.88. The third-order valence-electron chi connectivity index (χ3n) is 4.42. The second-order valence-corrected chi connectivity index (χ2v) is 6.28. The van der Waals surface area contributed by atoms with Gasteiger partial charge in [0, 0.05) is 19.3 Å². The van der Waals surface area contributed by atoms with Crippen LogP contribution < -0.4 is 5.32 Å². The number of hydrogen-bond donors (Lipinski definition) is 1. The molecule has 5 nitrogen and oxygen atoms in total. The van der Waals surface area contributed by atoms with E-state index in [1.54, 1.807) is 23.2 Å². The Morgan fingerprint density at radius 3 is 2.64 bits per heavy atom. The summed E-state index contributed by atoms with van der Waals surface area (Å²) in [4.78, 5) is 30.2. The number of pyridine rings is 1. The maximum atomic E-state index is 12.9. The molecular weight excluding hydrogens is 321 g/mol. The highest BCUT2D eigenvalue weighted by atomic mass is 19.1. The Kier molecular flexibility index (Phi) is 5.07. The van der Waals surface area contributed by atoms with Crippen molar-refractivity contribution >= 4 is 11.8 Å². The van der Waals surface area contributed by atoms with Crippen LogP contribution in [0.5, 0.6) is 0 Å². The van der Waals surface area contributed by atoms with Crippen LogP contribution in [0.1, 0.15) is 16.8 Å². The van der Waals surface area contributed by atoms with Crippen molar-refractivity contribution in [1.82, 2.24) is 15.2 Å². The minimum absolute atomic E-state index is 0.0452. The van der Waals surface area contributed by atoms with E-state index in [9.17, 15) is 14.0 Å². The molecule has 0 radical (unpaired) electrons. The van der Waals surface area contributed by atoms with Crippen molar-refractivity contribution in [3.05, 3.63) is 65.2 Å². The van der Waals surface area contributed by atoms with Gasteiger partial charge in [0.25, 0.3) is 0 Å². The standard InChI is InChI=1S/C19H20FN3O2/c1-13-3-2-8-21-17(13)10-22-19(25)15-11-23(12-15)18(24)9-14-4-6-16(20)7-5-14/h2-8,15H,9-12H2,1H3,(H,22,25). The number of benzene rings is 1. The zero-order valence-corrected chi connectivity index (χ0v) is 14.0. The predicted molar refractivity (Wildman–Crippen MR) is 91.0 cm³/mol. The molecule has 0 spiro atoms. The number of carbonyl (C=O) groups excluding carboxylic acids is 2. The lowest BCUT2D eigenvalue weighted by Gasteiger charge is -2.38. The molecule has 0 unspecified atom stereocenters. The third kappa shape index (κ3) is 4.21. The maximum Gasteiger partial charge on any atom is 0.227 e. The minimum atomic E-state index is -0.319. The molecule has 2 amide bonds. The monoisotopic (exact) mass is 341 g/mol. The van der Waals surface area contributed by atoms with Crippen molar-refractivity contribution in [2.45, 2.75) is 19.9 Å². The summed E-state index contributed by atoms with van der Waals surface area (Å²) in [7, 11) is 0. The van der Waals surface area contributed by atoms with E-state index in [0.717, 1.165) is 16.8 Å². The molecule has 0 saturated carbocycles. The first-order valence-electron chi connectivity index (χ1n) is 8.23. The minimum Gasteiger partial charge on any atom is -0.350 e. The average Bonchev–Trinajstić information content (AvgIpc) is 2.55. The lowest BCUT2D eigenvalue weighted by Crippen LogP contribution is -2.56. The van der Waals surface area contributed by atoms with Crippen LogP contribution in [0.25, 0.3) is 0 Å². The van der Waals surface area contributed by atoms with Gasteiger partial charge >= 0.3 is 0 Å². The molecule has 0 bridgehead atoms. The van der Waals surface area contributed by atoms with Crippen molar-refractivity contribution in [3.63, 3.8) is 0 Å². The van der Waals surface area contributed by atoms with Crippen LogP contribution in [-0.2, 0) is 22.6 Å². The smallest absolute Gasteiger partial charge is 0.227 e. The van der Waals surface area contributed by atoms with Gasteiger partial charge in [-0.05, 0) is 36.2 Å². The van der Waals surface area contributed by atoms with Crippen LogP contribution in [0, 0.1) is 18.7 Å². The van der Waals surface area contributed by atoms with E-state index in [4.69, 9.17) is 0 Å². The first kappa shape index (κ1) is 17.1. The van der Waals surface area contributed by atoms with E-state index in [-0.39, 0.29) is 30.0 Å². The van der Waals surface area contributed by atoms with Gasteiger partial charge in [0.2, 0.25) is 11.8 Å². The highest BCUT2D eigenvalue weighted by Crippen LogP contribution is 2.18. The summed E-state index contributed by atoms with van der Waals surface area (Å²) >= 11 is 0. The topological polar surface area (TPSA) is 62.3 Å². The number of nitrogens with zero attached hydrogens (tertiary/aromatic N) is 2. The fourth-order valence-electron chi connectivity index (χ4n) is 2.76. The van der Waals surface area contributed by atoms with E-state index >= 15 is 0 Å². The van der Waals surface area contributed by atoms with Gasteiger partial charge in [0.05, 0.1) is 24.6 Å². The van der Waals surface area contributed by atoms with Crippen molar-refractivity contribution in [3.8, 4) is 0 Å². The second-order valence-electron chi connectivity index (χ2n) is 6.28. The number of aryl methyl sites for hydroxylation is 1. The molecule has 1 N–H and O–H groups in total. The number of aromatic nitrogens is 1. The van der Waals surface area contributed by atoms with Crippen LogP contribution in [0.4, 0.5) is 4.39 Å². The Bertz CT molecular complexity index is 770. The average molecular weight is 341 g/mol. The fourth-order valence-corrected chi connectivity index (χ4v) is 2.76. The molecule has 0 atom stereocenters. The second kappa shape index (κ2) is 7.42. The summed E-state index contributed by atoms with van der Waals surface area (Å²) < 4.78 is 12.9. The molecule has 1 fully saturated rings. The largest absolute Gasteiger partial charge is 0.350 e. The Morgan fingerprint density at radius 2 is 1.96 bits per heavy atom. The Balaban J connectivity index is 1.43. The summed E-state index contributed by atoms with van der Waals surface area (Å²) in [5.74, 6) is -0.603. The Labute approximate surface area is 145 Å². The Morgan fingerprint density at radius 1 is 1.24 bits per heavy atom. The predicted octanol–water partition coefficient (Wildman–Crippen LogP) is 1.85. The number of rotatable bonds is 5. The molecule has 25 heavy (non-hydrogen) atoms. The lowest BCUT2D eigenvalue weighted by atomic mass is 9.97. The van der Waals surface area contributed by atoms with E-state index in [2.05, 4.69) is 10.3 Å². The molecular formula is C19H20FN3O2. The zero-order chi connectivity index (χ0) is 17.8. The van der Waals surface area contributed by atoms with Crippen molar-refractivity contribution in [2.75, 3.05) is 13.1 Å². The summed E-state index contributed by atoms with van der Waals surface area (Å²) in [6.07, 6.45) is 1.93. The number of likely N-dealkylation sites (tertiary alicyclic amines) is 1. The maximum absolute atomic E-state index is 12.9. The molecule has 1 saturated heterocycles. The molecule has 130 valence electrons. The highest BCUT2D eigenvalue weighted by Gasteiger charge is 2.35. The fraction of sp³-hybridized carbons (Fsp3) is 0.316. The van der Waals surface area contributed by atoms with Gasteiger partial charge < -0.3 is 10.2 Å². The van der Waals surface area contributed by atoms with Crippen LogP contribution >= 0.6 is 0 Å². The van der Waals surface area contributed by atoms with Gasteiger partial charge in [0.15, 0.2) is 0 Å². The molecule has 6 heteroatoms. The molecule has 0 aliphatic carbocycles. The summed E-state index contributed by atoms with van der Waals surface area (Å²) in [6, 6.07) is 9.70. The normalized spacial score (nSPS) is 14.1. The number of hydrogen-bond acceptors (Lipinski definition) is 3. The molecule has 1 aliphatic rings. The van der Waals surface area contributed by atoms with Crippen LogP contribution in [0.15, 0.2) is 42.6 Å². The molecule has 2 heterocycles. The molecule has 2 aromatic rings. The quantitative estimate of drug-likeness (QED) is 0.903. The molecule has 1 aromatic carbocycles. The molecule has 1 aliphatic heterocycles. The van der Waals surface area contributed by atoms with Gasteiger partial charge in [-0.2, -0.15) is 0 Å². The third-order valence-corrected chi connectivity index (χ3v) is 4.42. The van der Waals surface area contributed by atoms with Gasteiger partial charge in [-0.25, -0.2) is 4.39 Å². The van der Waals surface area contributed by atoms with Gasteiger partial charge in [-0.1, -0.05) is 18.2 Å². The van der Waals surface area contributed by atoms with Crippen molar-refractivity contribution in [1.29, 1.82) is 0 Å².